The number of carboxylic acids is 1. The Bertz CT molecular complexity index is 876. The van der Waals surface area contributed by atoms with Gasteiger partial charge in [0.2, 0.25) is 0 Å². The maximum absolute atomic E-state index is 12.5. The number of hydrogen-bond acceptors (Lipinski definition) is 7. The number of carbonyl (C=O) groups is 3. The molecule has 0 bridgehead atoms. The quantitative estimate of drug-likeness (QED) is 0.0434. The molecule has 8 heteroatoms. The van der Waals surface area contributed by atoms with E-state index in [1.165, 1.54) is 140 Å². The second kappa shape index (κ2) is 32.7. The van der Waals surface area contributed by atoms with Crippen LogP contribution in [0.25, 0.3) is 0 Å². The summed E-state index contributed by atoms with van der Waals surface area (Å²) in [6.07, 6.45) is 32.2. The van der Waals surface area contributed by atoms with Gasteiger partial charge >= 0.3 is 11.9 Å². The summed E-state index contributed by atoms with van der Waals surface area (Å²) >= 11 is 0. The lowest BCUT2D eigenvalue weighted by Crippen LogP contribution is -2.44. The summed E-state index contributed by atoms with van der Waals surface area (Å²) < 4.78 is 11.9. The second-order valence-corrected chi connectivity index (χ2v) is 14.7. The van der Waals surface area contributed by atoms with E-state index in [-0.39, 0.29) is 23.9 Å². The van der Waals surface area contributed by atoms with Crippen LogP contribution in [0, 0.1) is 0 Å². The topological polar surface area (TPSA) is 106 Å². The minimum atomic E-state index is -1.19. The fraction of sp³-hybridized carbons (Fsp3) is 0.805. The number of nitrogens with zero attached hydrogens (tertiary/aromatic N) is 2. The predicted molar refractivity (Wildman–Crippen MR) is 199 cm³/mol. The Labute approximate surface area is 300 Å². The highest BCUT2D eigenvalue weighted by Crippen LogP contribution is 2.15. The third-order valence-electron chi connectivity index (χ3n) is 8.59. The molecule has 1 aromatic rings. The molecule has 1 rings (SSSR count). The van der Waals surface area contributed by atoms with Gasteiger partial charge in [-0.1, -0.05) is 155 Å². The largest absolute Gasteiger partial charge is 0.545 e. The van der Waals surface area contributed by atoms with Gasteiger partial charge in [0.15, 0.2) is 6.10 Å². The highest BCUT2D eigenvalue weighted by molar-refractivity contribution is 5.85. The number of carbonyl (C=O) groups excluding carboxylic acids is 3. The standard InChI is InChI=1S/C35H70NO4.C6H5NO2/c1-6-8-10-12-14-16-18-19-21-23-25-27-29-34(37)40-33(32-36(3,4)5)31-35(38)39-30-28-26-24-22-20-17-15-13-11-9-7-2;8-6(9)5-2-1-3-7-4-5/h33H,6-32H2,1-5H3;1-4H,(H,8,9)/q+1;/p-1. The Balaban J connectivity index is 0.00000219. The van der Waals surface area contributed by atoms with Crippen LogP contribution in [0.4, 0.5) is 0 Å². The maximum atomic E-state index is 12.5. The molecule has 0 aliphatic heterocycles. The predicted octanol–water partition coefficient (Wildman–Crippen LogP) is 9.39. The van der Waals surface area contributed by atoms with E-state index in [1.807, 2.05) is 0 Å². The van der Waals surface area contributed by atoms with E-state index in [1.54, 1.807) is 6.07 Å². The summed E-state index contributed by atoms with van der Waals surface area (Å²) in [7, 11) is 6.17. The molecule has 1 heterocycles. The first-order chi connectivity index (χ1) is 23.6. The van der Waals surface area contributed by atoms with Crippen molar-refractivity contribution in [3.8, 4) is 0 Å². The smallest absolute Gasteiger partial charge is 0.309 e. The van der Waals surface area contributed by atoms with Crippen LogP contribution in [0.1, 0.15) is 185 Å². The van der Waals surface area contributed by atoms with Gasteiger partial charge in [-0.05, 0) is 18.9 Å². The molecule has 1 atom stereocenters. The first-order valence-electron chi connectivity index (χ1n) is 19.9. The molecule has 0 saturated heterocycles. The monoisotopic (exact) mass is 691 g/mol. The van der Waals surface area contributed by atoms with Crippen molar-refractivity contribution in [2.75, 3.05) is 34.3 Å². The first kappa shape index (κ1) is 46.5. The molecule has 0 aromatic carbocycles. The van der Waals surface area contributed by atoms with Crippen molar-refractivity contribution < 1.29 is 33.4 Å². The number of esters is 2. The highest BCUT2D eigenvalue weighted by atomic mass is 16.6. The Hall–Kier alpha value is -2.48. The molecule has 0 spiro atoms. The SMILES string of the molecule is CCCCCCCCCCCCCCC(=O)OC(CC(=O)OCCCCCCCCCCCCC)C[N+](C)(C)C.O=C([O-])c1cccnc1. The van der Waals surface area contributed by atoms with Crippen molar-refractivity contribution in [2.45, 2.75) is 180 Å². The minimum Gasteiger partial charge on any atom is -0.545 e. The van der Waals surface area contributed by atoms with E-state index >= 15 is 0 Å². The van der Waals surface area contributed by atoms with Crippen molar-refractivity contribution in [1.82, 2.24) is 4.98 Å². The van der Waals surface area contributed by atoms with Crippen molar-refractivity contribution in [1.29, 1.82) is 0 Å². The van der Waals surface area contributed by atoms with Gasteiger partial charge in [-0.2, -0.15) is 0 Å². The van der Waals surface area contributed by atoms with Crippen molar-refractivity contribution in [2.24, 2.45) is 0 Å². The fourth-order valence-electron chi connectivity index (χ4n) is 5.79. The van der Waals surface area contributed by atoms with Gasteiger partial charge in [-0.3, -0.25) is 14.6 Å². The average molecular weight is 691 g/mol. The lowest BCUT2D eigenvalue weighted by Gasteiger charge is -2.28. The molecule has 284 valence electrons. The highest BCUT2D eigenvalue weighted by Gasteiger charge is 2.25. The van der Waals surface area contributed by atoms with E-state index in [4.69, 9.17) is 9.47 Å². The van der Waals surface area contributed by atoms with Crippen LogP contribution in [-0.4, -0.2) is 67.8 Å². The lowest BCUT2D eigenvalue weighted by atomic mass is 10.0. The van der Waals surface area contributed by atoms with Crippen LogP contribution in [0.15, 0.2) is 24.5 Å². The molecule has 49 heavy (non-hydrogen) atoms. The molecule has 1 unspecified atom stereocenters. The maximum Gasteiger partial charge on any atom is 0.309 e. The Morgan fingerprint density at radius 3 is 1.51 bits per heavy atom. The summed E-state index contributed by atoms with van der Waals surface area (Å²) in [5, 5.41) is 10.0. The number of rotatable bonds is 31. The molecule has 0 aliphatic rings. The zero-order chi connectivity index (χ0) is 36.4. The van der Waals surface area contributed by atoms with Gasteiger partial charge in [-0.25, -0.2) is 0 Å². The third kappa shape index (κ3) is 33.8. The van der Waals surface area contributed by atoms with Gasteiger partial charge in [0.1, 0.15) is 6.54 Å². The summed E-state index contributed by atoms with van der Waals surface area (Å²) in [6.45, 7) is 5.61. The average Bonchev–Trinajstić information content (AvgIpc) is 3.05. The lowest BCUT2D eigenvalue weighted by molar-refractivity contribution is -0.873. The molecular weight excluding hydrogens is 616 g/mol. The molecular formula is C41H74N2O6. The number of pyridine rings is 1. The van der Waals surface area contributed by atoms with Crippen molar-refractivity contribution >= 4 is 17.9 Å². The number of carboxylic acid groups (broad SMARTS) is 1. The zero-order valence-corrected chi connectivity index (χ0v) is 32.3. The van der Waals surface area contributed by atoms with Crippen molar-refractivity contribution in [3.05, 3.63) is 30.1 Å². The number of aromatic nitrogens is 1. The molecule has 0 radical (unpaired) electrons. The second-order valence-electron chi connectivity index (χ2n) is 14.7. The molecule has 0 N–H and O–H groups in total. The summed E-state index contributed by atoms with van der Waals surface area (Å²) in [4.78, 5) is 38.6. The van der Waals surface area contributed by atoms with Crippen LogP contribution in [0.3, 0.4) is 0 Å². The molecule has 8 nitrogen and oxygen atoms in total. The van der Waals surface area contributed by atoms with Crippen LogP contribution < -0.4 is 5.11 Å². The number of unbranched alkanes of at least 4 members (excludes halogenated alkanes) is 21. The number of likely N-dealkylation sites (N-methyl/N-ethyl adjacent to an activating group) is 1. The number of hydrogen-bond donors (Lipinski definition) is 0. The normalized spacial score (nSPS) is 11.8. The Kier molecular flexibility index (Phi) is 31.1. The molecule has 0 saturated carbocycles. The third-order valence-corrected chi connectivity index (χ3v) is 8.59. The molecule has 1 aromatic heterocycles. The van der Waals surface area contributed by atoms with Crippen LogP contribution in [0.5, 0.6) is 0 Å². The molecule has 0 amide bonds. The van der Waals surface area contributed by atoms with Gasteiger partial charge in [-0.15, -0.1) is 0 Å². The molecule has 0 fully saturated rings. The van der Waals surface area contributed by atoms with E-state index < -0.39 is 12.1 Å². The van der Waals surface area contributed by atoms with Crippen LogP contribution >= 0.6 is 0 Å². The Morgan fingerprint density at radius 2 is 1.12 bits per heavy atom. The van der Waals surface area contributed by atoms with Crippen molar-refractivity contribution in [3.63, 3.8) is 0 Å². The van der Waals surface area contributed by atoms with E-state index in [9.17, 15) is 19.5 Å². The first-order valence-corrected chi connectivity index (χ1v) is 19.9. The van der Waals surface area contributed by atoms with Gasteiger partial charge < -0.3 is 23.9 Å². The summed E-state index contributed by atoms with van der Waals surface area (Å²) in [5.41, 5.74) is 0.109. The number of aromatic carboxylic acids is 1. The number of ether oxygens (including phenoxy) is 2. The van der Waals surface area contributed by atoms with E-state index in [0.29, 0.717) is 24.1 Å². The fourth-order valence-corrected chi connectivity index (χ4v) is 5.79. The summed E-state index contributed by atoms with van der Waals surface area (Å²) in [6, 6.07) is 2.98. The van der Waals surface area contributed by atoms with Gasteiger partial charge in [0.25, 0.3) is 0 Å². The molecule has 0 aliphatic carbocycles. The van der Waals surface area contributed by atoms with Crippen LogP contribution in [0.2, 0.25) is 0 Å². The van der Waals surface area contributed by atoms with Gasteiger partial charge in [0.05, 0.1) is 40.1 Å². The number of quaternary nitrogens is 1. The van der Waals surface area contributed by atoms with Gasteiger partial charge in [0, 0.05) is 24.4 Å². The Morgan fingerprint density at radius 1 is 0.673 bits per heavy atom. The van der Waals surface area contributed by atoms with E-state index in [0.717, 1.165) is 25.7 Å². The van der Waals surface area contributed by atoms with Crippen LogP contribution in [-0.2, 0) is 19.1 Å². The van der Waals surface area contributed by atoms with E-state index in [2.05, 4.69) is 40.0 Å². The zero-order valence-electron chi connectivity index (χ0n) is 32.3. The minimum absolute atomic E-state index is 0.109. The summed E-state index contributed by atoms with van der Waals surface area (Å²) in [5.74, 6) is -1.62.